The minimum absolute atomic E-state index is 0.305. The van der Waals surface area contributed by atoms with E-state index in [1.54, 1.807) is 6.20 Å². The van der Waals surface area contributed by atoms with Crippen LogP contribution in [0.5, 0.6) is 5.75 Å². The number of fused-ring (bicyclic) bond motifs is 1. The summed E-state index contributed by atoms with van der Waals surface area (Å²) in [4.78, 5) is 10.9. The lowest BCUT2D eigenvalue weighted by atomic mass is 10.1. The fourth-order valence-electron chi connectivity index (χ4n) is 1.59. The van der Waals surface area contributed by atoms with E-state index in [1.165, 1.54) is 6.92 Å². The van der Waals surface area contributed by atoms with Gasteiger partial charge in [-0.1, -0.05) is 0 Å². The highest BCUT2D eigenvalue weighted by atomic mass is 16.5. The van der Waals surface area contributed by atoms with Crippen LogP contribution in [0.4, 0.5) is 0 Å². The van der Waals surface area contributed by atoms with Gasteiger partial charge in [0.1, 0.15) is 5.75 Å². The fourth-order valence-corrected chi connectivity index (χ4v) is 1.59. The van der Waals surface area contributed by atoms with E-state index < -0.39 is 0 Å². The topological polar surface area (TPSA) is 55.0 Å². The largest absolute Gasteiger partial charge is 0.426 e. The summed E-state index contributed by atoms with van der Waals surface area (Å²) in [5.41, 5.74) is 3.01. The Morgan fingerprint density at radius 1 is 1.40 bits per heavy atom. The summed E-state index contributed by atoms with van der Waals surface area (Å²) < 4.78 is 5.12. The molecule has 1 heterocycles. The molecule has 1 aromatic carbocycles. The number of esters is 1. The van der Waals surface area contributed by atoms with Gasteiger partial charge in [-0.25, -0.2) is 0 Å². The van der Waals surface area contributed by atoms with Gasteiger partial charge in [-0.2, -0.15) is 5.10 Å². The lowest BCUT2D eigenvalue weighted by molar-refractivity contribution is -0.131. The average molecular weight is 204 g/mol. The first-order chi connectivity index (χ1) is 7.09. The standard InChI is InChI=1S/C11H12N2O2/c1-6-7(2)11-9(5-12-13-11)4-10(6)15-8(3)14/h4-5H,1-3H3,(H,12,13). The van der Waals surface area contributed by atoms with E-state index in [1.807, 2.05) is 19.9 Å². The monoisotopic (exact) mass is 204 g/mol. The van der Waals surface area contributed by atoms with Crippen molar-refractivity contribution in [3.63, 3.8) is 0 Å². The molecule has 4 nitrogen and oxygen atoms in total. The molecule has 2 rings (SSSR count). The number of hydrogen-bond donors (Lipinski definition) is 1. The van der Waals surface area contributed by atoms with Gasteiger partial charge in [0, 0.05) is 12.3 Å². The van der Waals surface area contributed by atoms with Gasteiger partial charge in [0.2, 0.25) is 0 Å². The van der Waals surface area contributed by atoms with Gasteiger partial charge in [-0.3, -0.25) is 9.89 Å². The molecule has 0 aliphatic heterocycles. The van der Waals surface area contributed by atoms with Crippen LogP contribution in [0.3, 0.4) is 0 Å². The normalized spacial score (nSPS) is 10.6. The van der Waals surface area contributed by atoms with Crippen molar-refractivity contribution >= 4 is 16.9 Å². The van der Waals surface area contributed by atoms with Crippen LogP contribution in [-0.4, -0.2) is 16.2 Å². The molecule has 1 N–H and O–H groups in total. The molecular weight excluding hydrogens is 192 g/mol. The molecule has 0 unspecified atom stereocenters. The number of carbonyl (C=O) groups excluding carboxylic acids is 1. The SMILES string of the molecule is CC(=O)Oc1cc2cn[nH]c2c(C)c1C. The Hall–Kier alpha value is -1.84. The van der Waals surface area contributed by atoms with Gasteiger partial charge in [0.15, 0.2) is 0 Å². The van der Waals surface area contributed by atoms with Gasteiger partial charge in [0.05, 0.1) is 11.7 Å². The van der Waals surface area contributed by atoms with Crippen LogP contribution in [-0.2, 0) is 4.79 Å². The summed E-state index contributed by atoms with van der Waals surface area (Å²) in [5, 5.41) is 7.83. The minimum atomic E-state index is -0.305. The second-order valence-corrected chi connectivity index (χ2v) is 3.55. The van der Waals surface area contributed by atoms with Gasteiger partial charge < -0.3 is 4.74 Å². The Morgan fingerprint density at radius 2 is 2.13 bits per heavy atom. The van der Waals surface area contributed by atoms with Gasteiger partial charge in [0.25, 0.3) is 0 Å². The first-order valence-corrected chi connectivity index (χ1v) is 4.71. The molecule has 0 radical (unpaired) electrons. The van der Waals surface area contributed by atoms with E-state index in [0.29, 0.717) is 5.75 Å². The van der Waals surface area contributed by atoms with E-state index in [2.05, 4.69) is 10.2 Å². The molecule has 2 aromatic rings. The summed E-state index contributed by atoms with van der Waals surface area (Å²) in [5.74, 6) is 0.300. The van der Waals surface area contributed by atoms with E-state index in [4.69, 9.17) is 4.74 Å². The zero-order chi connectivity index (χ0) is 11.0. The number of ether oxygens (including phenoxy) is 1. The van der Waals surface area contributed by atoms with E-state index in [9.17, 15) is 4.79 Å². The lowest BCUT2D eigenvalue weighted by Crippen LogP contribution is -2.03. The molecule has 0 saturated carbocycles. The van der Waals surface area contributed by atoms with Crippen LogP contribution in [0.25, 0.3) is 10.9 Å². The molecule has 1 aromatic heterocycles. The van der Waals surface area contributed by atoms with E-state index in [-0.39, 0.29) is 5.97 Å². The zero-order valence-electron chi connectivity index (χ0n) is 8.92. The number of carbonyl (C=O) groups is 1. The highest BCUT2D eigenvalue weighted by Crippen LogP contribution is 2.28. The third-order valence-corrected chi connectivity index (χ3v) is 2.52. The molecule has 0 aliphatic carbocycles. The van der Waals surface area contributed by atoms with Crippen molar-refractivity contribution in [3.8, 4) is 5.75 Å². The molecule has 0 saturated heterocycles. The van der Waals surface area contributed by atoms with Crippen molar-refractivity contribution in [2.75, 3.05) is 0 Å². The number of benzene rings is 1. The van der Waals surface area contributed by atoms with Crippen LogP contribution in [0, 0.1) is 13.8 Å². The van der Waals surface area contributed by atoms with E-state index >= 15 is 0 Å². The number of aromatic nitrogens is 2. The van der Waals surface area contributed by atoms with Crippen molar-refractivity contribution in [3.05, 3.63) is 23.4 Å². The second-order valence-electron chi connectivity index (χ2n) is 3.55. The van der Waals surface area contributed by atoms with Crippen molar-refractivity contribution < 1.29 is 9.53 Å². The van der Waals surface area contributed by atoms with Crippen LogP contribution in [0.15, 0.2) is 12.3 Å². The molecular formula is C11H12N2O2. The minimum Gasteiger partial charge on any atom is -0.426 e. The first kappa shape index (κ1) is 9.71. The van der Waals surface area contributed by atoms with Crippen molar-refractivity contribution in [1.82, 2.24) is 10.2 Å². The molecule has 0 fully saturated rings. The van der Waals surface area contributed by atoms with Crippen molar-refractivity contribution in [1.29, 1.82) is 0 Å². The third-order valence-electron chi connectivity index (χ3n) is 2.52. The van der Waals surface area contributed by atoms with Gasteiger partial charge >= 0.3 is 5.97 Å². The highest BCUT2D eigenvalue weighted by Gasteiger charge is 2.10. The molecule has 4 heteroatoms. The smallest absolute Gasteiger partial charge is 0.308 e. The molecule has 0 aliphatic rings. The van der Waals surface area contributed by atoms with Crippen LogP contribution in [0.1, 0.15) is 18.1 Å². The average Bonchev–Trinajstić information content (AvgIpc) is 2.61. The van der Waals surface area contributed by atoms with Crippen molar-refractivity contribution in [2.45, 2.75) is 20.8 Å². The summed E-state index contributed by atoms with van der Waals surface area (Å²) in [6.45, 7) is 5.30. The molecule has 78 valence electrons. The predicted molar refractivity (Wildman–Crippen MR) is 56.9 cm³/mol. The maximum absolute atomic E-state index is 10.9. The quantitative estimate of drug-likeness (QED) is 0.571. The summed E-state index contributed by atoms with van der Waals surface area (Å²) in [7, 11) is 0. The Balaban J connectivity index is 2.64. The Labute approximate surface area is 87.2 Å². The van der Waals surface area contributed by atoms with Crippen LogP contribution in [0.2, 0.25) is 0 Å². The second kappa shape index (κ2) is 3.38. The molecule has 0 atom stereocenters. The molecule has 0 amide bonds. The van der Waals surface area contributed by atoms with E-state index in [0.717, 1.165) is 22.0 Å². The van der Waals surface area contributed by atoms with Crippen molar-refractivity contribution in [2.24, 2.45) is 0 Å². The number of rotatable bonds is 1. The van der Waals surface area contributed by atoms with Crippen LogP contribution < -0.4 is 4.74 Å². The van der Waals surface area contributed by atoms with Gasteiger partial charge in [-0.05, 0) is 31.0 Å². The third kappa shape index (κ3) is 1.58. The maximum atomic E-state index is 10.9. The number of aryl methyl sites for hydroxylation is 1. The first-order valence-electron chi connectivity index (χ1n) is 4.71. The summed E-state index contributed by atoms with van der Waals surface area (Å²) >= 11 is 0. The van der Waals surface area contributed by atoms with Crippen LogP contribution >= 0.6 is 0 Å². The maximum Gasteiger partial charge on any atom is 0.308 e. The molecule has 15 heavy (non-hydrogen) atoms. The zero-order valence-corrected chi connectivity index (χ0v) is 8.92. The molecule has 0 spiro atoms. The predicted octanol–water partition coefficient (Wildman–Crippen LogP) is 2.11. The highest BCUT2D eigenvalue weighted by molar-refractivity contribution is 5.85. The number of hydrogen-bond acceptors (Lipinski definition) is 3. The Bertz CT molecular complexity index is 529. The lowest BCUT2D eigenvalue weighted by Gasteiger charge is -2.08. The summed E-state index contributed by atoms with van der Waals surface area (Å²) in [6.07, 6.45) is 1.72. The summed E-state index contributed by atoms with van der Waals surface area (Å²) in [6, 6.07) is 1.82. The number of H-pyrrole nitrogens is 1. The number of nitrogens with zero attached hydrogens (tertiary/aromatic N) is 1. The molecule has 0 bridgehead atoms. The van der Waals surface area contributed by atoms with Gasteiger partial charge in [-0.15, -0.1) is 0 Å². The number of aromatic amines is 1. The Kier molecular flexibility index (Phi) is 2.19. The Morgan fingerprint density at radius 3 is 2.80 bits per heavy atom. The fraction of sp³-hybridized carbons (Fsp3) is 0.273. The number of nitrogens with one attached hydrogen (secondary N) is 1.